The molecule has 0 aliphatic carbocycles. The van der Waals surface area contributed by atoms with E-state index in [-0.39, 0.29) is 17.5 Å². The normalized spacial score (nSPS) is 17.1. The van der Waals surface area contributed by atoms with E-state index in [4.69, 9.17) is 9.36 Å². The lowest BCUT2D eigenvalue weighted by Gasteiger charge is -2.13. The van der Waals surface area contributed by atoms with Crippen LogP contribution in [-0.4, -0.2) is 28.9 Å². The highest BCUT2D eigenvalue weighted by Crippen LogP contribution is 2.36. The van der Waals surface area contributed by atoms with Crippen LogP contribution in [0.5, 0.6) is 0 Å². The maximum atomic E-state index is 13.0. The highest BCUT2D eigenvalue weighted by atomic mass is 19.4. The number of oxime groups is 1. The van der Waals surface area contributed by atoms with E-state index in [0.29, 0.717) is 40.7 Å². The van der Waals surface area contributed by atoms with Gasteiger partial charge in [-0.15, -0.1) is 0 Å². The largest absolute Gasteiger partial charge is 0.416 e. The minimum atomic E-state index is -4.93. The van der Waals surface area contributed by atoms with E-state index in [2.05, 4.69) is 20.6 Å². The van der Waals surface area contributed by atoms with Crippen molar-refractivity contribution in [2.75, 3.05) is 13.1 Å². The van der Waals surface area contributed by atoms with E-state index in [9.17, 15) is 26.3 Å². The Kier molecular flexibility index (Phi) is 6.84. The van der Waals surface area contributed by atoms with Gasteiger partial charge in [-0.2, -0.15) is 31.3 Å². The van der Waals surface area contributed by atoms with Gasteiger partial charge in [0.1, 0.15) is 6.61 Å². The van der Waals surface area contributed by atoms with E-state index < -0.39 is 30.1 Å². The summed E-state index contributed by atoms with van der Waals surface area (Å²) in [5.41, 5.74) is -1.38. The SMILES string of the molecule is CC(=NOCc1cc(C(F)(F)F)cc(C(F)(F)F)c1)c1ccc(-c2noc(C3CCNC3)n2)cc1. The summed E-state index contributed by atoms with van der Waals surface area (Å²) in [6.45, 7) is 2.72. The van der Waals surface area contributed by atoms with Crippen molar-refractivity contribution in [3.05, 3.63) is 70.6 Å². The summed E-state index contributed by atoms with van der Waals surface area (Å²) in [5.74, 6) is 1.20. The fourth-order valence-electron chi connectivity index (χ4n) is 3.60. The summed E-state index contributed by atoms with van der Waals surface area (Å²) >= 11 is 0. The van der Waals surface area contributed by atoms with Gasteiger partial charge >= 0.3 is 12.4 Å². The molecule has 3 aromatic rings. The van der Waals surface area contributed by atoms with E-state index in [0.717, 1.165) is 19.5 Å². The molecule has 0 amide bonds. The molecule has 0 radical (unpaired) electrons. The Bertz CT molecular complexity index is 1160. The Hall–Kier alpha value is -3.41. The van der Waals surface area contributed by atoms with Crippen LogP contribution in [0.3, 0.4) is 0 Å². The number of nitrogens with one attached hydrogen (secondary N) is 1. The van der Waals surface area contributed by atoms with Gasteiger partial charge in [0.25, 0.3) is 0 Å². The molecule has 1 atom stereocenters. The van der Waals surface area contributed by atoms with Gasteiger partial charge in [0.05, 0.1) is 22.8 Å². The molecule has 0 spiro atoms. The van der Waals surface area contributed by atoms with Crippen molar-refractivity contribution in [1.29, 1.82) is 0 Å². The van der Waals surface area contributed by atoms with E-state index in [1.54, 1.807) is 31.2 Å². The predicted molar refractivity (Wildman–Crippen MR) is 113 cm³/mol. The number of nitrogens with zero attached hydrogens (tertiary/aromatic N) is 3. The number of alkyl halides is 6. The first-order chi connectivity index (χ1) is 16.5. The third-order valence-electron chi connectivity index (χ3n) is 5.49. The van der Waals surface area contributed by atoms with Gasteiger partial charge in [0.15, 0.2) is 0 Å². The zero-order valence-electron chi connectivity index (χ0n) is 18.4. The number of aromatic nitrogens is 2. The van der Waals surface area contributed by atoms with Gasteiger partial charge in [-0.3, -0.25) is 0 Å². The van der Waals surface area contributed by atoms with Crippen LogP contribution in [0, 0.1) is 0 Å². The molecule has 6 nitrogen and oxygen atoms in total. The second-order valence-corrected chi connectivity index (χ2v) is 8.09. The molecule has 4 rings (SSSR count). The molecule has 1 unspecified atom stereocenters. The van der Waals surface area contributed by atoms with Crippen LogP contribution in [0.1, 0.15) is 47.4 Å². The van der Waals surface area contributed by atoms with Crippen molar-refractivity contribution < 1.29 is 35.7 Å². The van der Waals surface area contributed by atoms with Gasteiger partial charge in [-0.05, 0) is 49.2 Å². The Balaban J connectivity index is 1.43. The lowest BCUT2D eigenvalue weighted by atomic mass is 10.1. The molecule has 35 heavy (non-hydrogen) atoms. The first kappa shape index (κ1) is 24.7. The summed E-state index contributed by atoms with van der Waals surface area (Å²) in [5, 5.41) is 11.1. The molecule has 2 aromatic carbocycles. The molecule has 1 aromatic heterocycles. The minimum absolute atomic E-state index is 0.0664. The predicted octanol–water partition coefficient (Wildman–Crippen LogP) is 5.79. The molecular weight excluding hydrogens is 478 g/mol. The Morgan fingerprint density at radius 2 is 1.71 bits per heavy atom. The Labute approximate surface area is 196 Å². The molecular formula is C23H20F6N4O2. The van der Waals surface area contributed by atoms with Crippen molar-refractivity contribution in [1.82, 2.24) is 15.5 Å². The number of halogens is 6. The molecule has 0 saturated carbocycles. The highest BCUT2D eigenvalue weighted by Gasteiger charge is 2.37. The summed E-state index contributed by atoms with van der Waals surface area (Å²) in [6.07, 6.45) is -8.93. The van der Waals surface area contributed by atoms with Crippen molar-refractivity contribution in [3.63, 3.8) is 0 Å². The lowest BCUT2D eigenvalue weighted by molar-refractivity contribution is -0.143. The third-order valence-corrected chi connectivity index (χ3v) is 5.49. The minimum Gasteiger partial charge on any atom is -0.391 e. The average molecular weight is 498 g/mol. The number of benzene rings is 2. The molecule has 0 bridgehead atoms. The van der Waals surface area contributed by atoms with E-state index in [1.165, 1.54) is 0 Å². The van der Waals surface area contributed by atoms with Crippen LogP contribution in [0.25, 0.3) is 11.4 Å². The molecule has 1 aliphatic rings. The fourth-order valence-corrected chi connectivity index (χ4v) is 3.60. The van der Waals surface area contributed by atoms with Crippen LogP contribution in [0.15, 0.2) is 52.1 Å². The fraction of sp³-hybridized carbons (Fsp3) is 0.348. The smallest absolute Gasteiger partial charge is 0.391 e. The van der Waals surface area contributed by atoms with Gasteiger partial charge < -0.3 is 14.7 Å². The van der Waals surface area contributed by atoms with Crippen LogP contribution < -0.4 is 5.32 Å². The second-order valence-electron chi connectivity index (χ2n) is 8.09. The standard InChI is InChI=1S/C23H20F6N4O2/c1-13(32-34-12-14-8-18(22(24,25)26)10-19(9-14)23(27,28)29)15-2-4-16(5-3-15)20-31-21(35-33-20)17-6-7-30-11-17/h2-5,8-10,17,30H,6-7,11-12H2,1H3. The monoisotopic (exact) mass is 498 g/mol. The van der Waals surface area contributed by atoms with Gasteiger partial charge in [-0.25, -0.2) is 0 Å². The molecule has 12 heteroatoms. The van der Waals surface area contributed by atoms with Gasteiger partial charge in [-0.1, -0.05) is 34.6 Å². The van der Waals surface area contributed by atoms with E-state index in [1.807, 2.05) is 0 Å². The number of hydrogen-bond donors (Lipinski definition) is 1. The summed E-state index contributed by atoms with van der Waals surface area (Å²) < 4.78 is 83.3. The van der Waals surface area contributed by atoms with Gasteiger partial charge in [0, 0.05) is 12.1 Å². The molecule has 1 saturated heterocycles. The molecule has 1 fully saturated rings. The Morgan fingerprint density at radius 1 is 1.06 bits per heavy atom. The molecule has 1 N–H and O–H groups in total. The quantitative estimate of drug-likeness (QED) is 0.265. The highest BCUT2D eigenvalue weighted by molar-refractivity contribution is 5.98. The van der Waals surface area contributed by atoms with Crippen molar-refractivity contribution in [2.45, 2.75) is 38.2 Å². The topological polar surface area (TPSA) is 72.5 Å². The van der Waals surface area contributed by atoms with Crippen LogP contribution in [0.4, 0.5) is 26.3 Å². The van der Waals surface area contributed by atoms with Crippen LogP contribution in [-0.2, 0) is 23.8 Å². The third kappa shape index (κ3) is 5.99. The summed E-state index contributed by atoms with van der Waals surface area (Å²) in [4.78, 5) is 9.49. The maximum absolute atomic E-state index is 13.0. The van der Waals surface area contributed by atoms with E-state index >= 15 is 0 Å². The maximum Gasteiger partial charge on any atom is 0.416 e. The number of hydrogen-bond acceptors (Lipinski definition) is 6. The first-order valence-electron chi connectivity index (χ1n) is 10.6. The van der Waals surface area contributed by atoms with Crippen molar-refractivity contribution in [2.24, 2.45) is 5.16 Å². The number of rotatable bonds is 6. The summed E-state index contributed by atoms with van der Waals surface area (Å²) in [6, 6.07) is 8.21. The first-order valence-corrected chi connectivity index (χ1v) is 10.6. The summed E-state index contributed by atoms with van der Waals surface area (Å²) in [7, 11) is 0. The molecule has 2 heterocycles. The Morgan fingerprint density at radius 3 is 2.29 bits per heavy atom. The molecule has 186 valence electrons. The van der Waals surface area contributed by atoms with Gasteiger partial charge in [0.2, 0.25) is 11.7 Å². The average Bonchev–Trinajstić information content (AvgIpc) is 3.50. The lowest BCUT2D eigenvalue weighted by Crippen LogP contribution is -2.12. The zero-order chi connectivity index (χ0) is 25.2. The van der Waals surface area contributed by atoms with Crippen molar-refractivity contribution >= 4 is 5.71 Å². The second kappa shape index (κ2) is 9.68. The molecule has 1 aliphatic heterocycles. The van der Waals surface area contributed by atoms with Crippen LogP contribution >= 0.6 is 0 Å². The van der Waals surface area contributed by atoms with Crippen molar-refractivity contribution in [3.8, 4) is 11.4 Å². The zero-order valence-corrected chi connectivity index (χ0v) is 18.4. The van der Waals surface area contributed by atoms with Crippen LogP contribution in [0.2, 0.25) is 0 Å².